The van der Waals surface area contributed by atoms with Crippen molar-refractivity contribution in [2.75, 3.05) is 18.1 Å². The van der Waals surface area contributed by atoms with Gasteiger partial charge in [-0.2, -0.15) is 0 Å². The van der Waals surface area contributed by atoms with Crippen LogP contribution in [0.1, 0.15) is 12.1 Å². The van der Waals surface area contributed by atoms with E-state index in [9.17, 15) is 4.79 Å². The summed E-state index contributed by atoms with van der Waals surface area (Å²) >= 11 is 0. The SMILES string of the molecule is Cc1nccnc1N1CC(CO)CC1=O. The zero-order valence-electron chi connectivity index (χ0n) is 8.55. The zero-order chi connectivity index (χ0) is 10.8. The van der Waals surface area contributed by atoms with Gasteiger partial charge in [-0.3, -0.25) is 14.7 Å². The molecule has 1 aromatic rings. The summed E-state index contributed by atoms with van der Waals surface area (Å²) in [5, 5.41) is 9.00. The molecule has 15 heavy (non-hydrogen) atoms. The second-order valence-electron chi connectivity index (χ2n) is 3.72. The van der Waals surface area contributed by atoms with Gasteiger partial charge in [0.2, 0.25) is 5.91 Å². The van der Waals surface area contributed by atoms with Crippen LogP contribution >= 0.6 is 0 Å². The number of rotatable bonds is 2. The molecule has 1 aromatic heterocycles. The van der Waals surface area contributed by atoms with Gasteiger partial charge >= 0.3 is 0 Å². The van der Waals surface area contributed by atoms with E-state index in [-0.39, 0.29) is 18.4 Å². The first-order valence-corrected chi connectivity index (χ1v) is 4.91. The van der Waals surface area contributed by atoms with Gasteiger partial charge in [0.1, 0.15) is 0 Å². The van der Waals surface area contributed by atoms with E-state index in [1.165, 1.54) is 0 Å². The minimum atomic E-state index is 0.0117. The summed E-state index contributed by atoms with van der Waals surface area (Å²) in [6, 6.07) is 0. The third-order valence-corrected chi connectivity index (χ3v) is 2.57. The van der Waals surface area contributed by atoms with Crippen LogP contribution < -0.4 is 4.90 Å². The third kappa shape index (κ3) is 1.83. The molecule has 0 bridgehead atoms. The largest absolute Gasteiger partial charge is 0.396 e. The van der Waals surface area contributed by atoms with E-state index < -0.39 is 0 Å². The number of aliphatic hydroxyl groups excluding tert-OH is 1. The number of aryl methyl sites for hydroxylation is 1. The molecule has 2 rings (SSSR count). The van der Waals surface area contributed by atoms with Crippen molar-refractivity contribution in [2.24, 2.45) is 5.92 Å². The number of carbonyl (C=O) groups excluding carboxylic acids is 1. The second kappa shape index (κ2) is 3.94. The van der Waals surface area contributed by atoms with Crippen LogP contribution in [0.2, 0.25) is 0 Å². The maximum atomic E-state index is 11.6. The number of amides is 1. The summed E-state index contributed by atoms with van der Waals surface area (Å²) < 4.78 is 0. The summed E-state index contributed by atoms with van der Waals surface area (Å²) in [5.74, 6) is 0.648. The molecule has 1 unspecified atom stereocenters. The molecule has 1 fully saturated rings. The highest BCUT2D eigenvalue weighted by atomic mass is 16.3. The Kier molecular flexibility index (Phi) is 2.64. The quantitative estimate of drug-likeness (QED) is 0.748. The Bertz CT molecular complexity index is 381. The van der Waals surface area contributed by atoms with E-state index in [1.807, 2.05) is 6.92 Å². The van der Waals surface area contributed by atoms with Crippen molar-refractivity contribution >= 4 is 11.7 Å². The van der Waals surface area contributed by atoms with Crippen molar-refractivity contribution in [3.8, 4) is 0 Å². The van der Waals surface area contributed by atoms with Gasteiger partial charge in [-0.25, -0.2) is 4.98 Å². The van der Waals surface area contributed by atoms with Crippen LogP contribution in [0.15, 0.2) is 12.4 Å². The molecule has 1 atom stereocenters. The van der Waals surface area contributed by atoms with E-state index in [1.54, 1.807) is 17.3 Å². The molecule has 1 N–H and O–H groups in total. The lowest BCUT2D eigenvalue weighted by molar-refractivity contribution is -0.117. The molecule has 1 aliphatic rings. The predicted octanol–water partition coefficient (Wildman–Crippen LogP) is 0.130. The van der Waals surface area contributed by atoms with E-state index in [2.05, 4.69) is 9.97 Å². The van der Waals surface area contributed by atoms with Gasteiger partial charge in [0.25, 0.3) is 0 Å². The van der Waals surface area contributed by atoms with E-state index >= 15 is 0 Å². The first-order chi connectivity index (χ1) is 7.22. The number of hydrogen-bond acceptors (Lipinski definition) is 4. The van der Waals surface area contributed by atoms with E-state index in [4.69, 9.17) is 5.11 Å². The highest BCUT2D eigenvalue weighted by Gasteiger charge is 2.31. The summed E-state index contributed by atoms with van der Waals surface area (Å²) in [7, 11) is 0. The van der Waals surface area contributed by atoms with Crippen LogP contribution in [0.4, 0.5) is 5.82 Å². The van der Waals surface area contributed by atoms with Gasteiger partial charge in [0.15, 0.2) is 5.82 Å². The monoisotopic (exact) mass is 207 g/mol. The third-order valence-electron chi connectivity index (χ3n) is 2.57. The molecule has 0 aromatic carbocycles. The van der Waals surface area contributed by atoms with Crippen LogP contribution in [-0.4, -0.2) is 34.1 Å². The molecular formula is C10H13N3O2. The van der Waals surface area contributed by atoms with Crippen molar-refractivity contribution in [1.82, 2.24) is 9.97 Å². The molecule has 1 aliphatic heterocycles. The van der Waals surface area contributed by atoms with E-state index in [0.29, 0.717) is 18.8 Å². The molecule has 0 spiro atoms. The molecule has 2 heterocycles. The van der Waals surface area contributed by atoms with Crippen molar-refractivity contribution in [1.29, 1.82) is 0 Å². The van der Waals surface area contributed by atoms with Gasteiger partial charge in [0, 0.05) is 37.9 Å². The maximum absolute atomic E-state index is 11.6. The van der Waals surface area contributed by atoms with Crippen LogP contribution in [0.3, 0.4) is 0 Å². The van der Waals surface area contributed by atoms with E-state index in [0.717, 1.165) is 5.69 Å². The fourth-order valence-corrected chi connectivity index (χ4v) is 1.77. The molecule has 1 amide bonds. The molecule has 0 saturated carbocycles. The lowest BCUT2D eigenvalue weighted by Crippen LogP contribution is -2.27. The molecular weight excluding hydrogens is 194 g/mol. The molecule has 0 aliphatic carbocycles. The summed E-state index contributed by atoms with van der Waals surface area (Å²) in [6.07, 6.45) is 3.57. The van der Waals surface area contributed by atoms with Crippen LogP contribution in [0, 0.1) is 12.8 Å². The summed E-state index contributed by atoms with van der Waals surface area (Å²) in [5.41, 5.74) is 0.740. The van der Waals surface area contributed by atoms with Crippen molar-refractivity contribution < 1.29 is 9.90 Å². The first kappa shape index (κ1) is 10.0. The number of aromatic nitrogens is 2. The number of hydrogen-bond donors (Lipinski definition) is 1. The van der Waals surface area contributed by atoms with Gasteiger partial charge in [-0.1, -0.05) is 0 Å². The van der Waals surface area contributed by atoms with Crippen LogP contribution in [0.25, 0.3) is 0 Å². The van der Waals surface area contributed by atoms with Crippen LogP contribution in [0.5, 0.6) is 0 Å². The number of aliphatic hydroxyl groups is 1. The van der Waals surface area contributed by atoms with Gasteiger partial charge in [-0.05, 0) is 6.92 Å². The Labute approximate surface area is 87.8 Å². The summed E-state index contributed by atoms with van der Waals surface area (Å²) in [4.78, 5) is 21.5. The minimum absolute atomic E-state index is 0.0117. The van der Waals surface area contributed by atoms with Gasteiger partial charge in [-0.15, -0.1) is 0 Å². The van der Waals surface area contributed by atoms with Crippen molar-refractivity contribution in [3.05, 3.63) is 18.1 Å². The highest BCUT2D eigenvalue weighted by molar-refractivity contribution is 5.95. The topological polar surface area (TPSA) is 66.3 Å². The normalized spacial score (nSPS) is 21.1. The smallest absolute Gasteiger partial charge is 0.228 e. The molecule has 1 saturated heterocycles. The summed E-state index contributed by atoms with van der Waals surface area (Å²) in [6.45, 7) is 2.40. The molecule has 5 heteroatoms. The Morgan fingerprint density at radius 2 is 2.27 bits per heavy atom. The Hall–Kier alpha value is -1.49. The standard InChI is InChI=1S/C10H13N3O2/c1-7-10(12-3-2-11-7)13-5-8(6-14)4-9(13)15/h2-3,8,14H,4-6H2,1H3. The van der Waals surface area contributed by atoms with Crippen molar-refractivity contribution in [3.63, 3.8) is 0 Å². The molecule has 0 radical (unpaired) electrons. The predicted molar refractivity (Wildman–Crippen MR) is 54.3 cm³/mol. The number of nitrogens with zero attached hydrogens (tertiary/aromatic N) is 3. The maximum Gasteiger partial charge on any atom is 0.228 e. The Morgan fingerprint density at radius 3 is 2.87 bits per heavy atom. The van der Waals surface area contributed by atoms with Crippen LogP contribution in [-0.2, 0) is 4.79 Å². The average Bonchev–Trinajstić information content (AvgIpc) is 2.60. The fraction of sp³-hybridized carbons (Fsp3) is 0.500. The number of anilines is 1. The molecule has 5 nitrogen and oxygen atoms in total. The first-order valence-electron chi connectivity index (χ1n) is 4.91. The molecule has 80 valence electrons. The Morgan fingerprint density at radius 1 is 1.53 bits per heavy atom. The zero-order valence-corrected chi connectivity index (χ0v) is 8.55. The highest BCUT2D eigenvalue weighted by Crippen LogP contribution is 2.24. The second-order valence-corrected chi connectivity index (χ2v) is 3.72. The van der Waals surface area contributed by atoms with Gasteiger partial charge in [0.05, 0.1) is 5.69 Å². The lowest BCUT2D eigenvalue weighted by Gasteiger charge is -2.16. The lowest BCUT2D eigenvalue weighted by atomic mass is 10.1. The minimum Gasteiger partial charge on any atom is -0.396 e. The Balaban J connectivity index is 2.25. The fourth-order valence-electron chi connectivity index (χ4n) is 1.77. The van der Waals surface area contributed by atoms with Crippen molar-refractivity contribution in [2.45, 2.75) is 13.3 Å². The number of carbonyl (C=O) groups is 1. The van der Waals surface area contributed by atoms with Gasteiger partial charge < -0.3 is 5.11 Å². The average molecular weight is 207 g/mol.